The highest BCUT2D eigenvalue weighted by molar-refractivity contribution is 7.90. The lowest BCUT2D eigenvalue weighted by Gasteiger charge is -2.19. The maximum absolute atomic E-state index is 11.1. The van der Waals surface area contributed by atoms with Crippen LogP contribution >= 0.6 is 23.2 Å². The number of hydrogen-bond donors (Lipinski definition) is 2. The van der Waals surface area contributed by atoms with Crippen molar-refractivity contribution in [2.75, 3.05) is 25.1 Å². The number of nitrogens with one attached hydrogen (secondary N) is 2. The van der Waals surface area contributed by atoms with Crippen molar-refractivity contribution in [3.8, 4) is 0 Å². The number of aliphatic imine (C=N–C) groups is 1. The predicted molar refractivity (Wildman–Crippen MR) is 98.3 cm³/mol. The van der Waals surface area contributed by atoms with Crippen LogP contribution in [0.25, 0.3) is 0 Å². The third kappa shape index (κ3) is 7.90. The molecule has 0 bridgehead atoms. The van der Waals surface area contributed by atoms with Gasteiger partial charge in [-0.2, -0.15) is 0 Å². The van der Waals surface area contributed by atoms with Gasteiger partial charge in [-0.15, -0.1) is 0 Å². The van der Waals surface area contributed by atoms with Crippen LogP contribution in [0, 0.1) is 0 Å². The van der Waals surface area contributed by atoms with Crippen LogP contribution in [0.3, 0.4) is 0 Å². The van der Waals surface area contributed by atoms with E-state index in [4.69, 9.17) is 23.2 Å². The number of nitrogens with zero attached hydrogens (tertiary/aromatic N) is 1. The van der Waals surface area contributed by atoms with Crippen molar-refractivity contribution in [1.82, 2.24) is 10.6 Å². The lowest BCUT2D eigenvalue weighted by Crippen LogP contribution is -2.39. The first-order valence-electron chi connectivity index (χ1n) is 7.40. The fourth-order valence-corrected chi connectivity index (χ4v) is 3.20. The van der Waals surface area contributed by atoms with E-state index in [0.717, 1.165) is 5.56 Å². The van der Waals surface area contributed by atoms with Crippen LogP contribution in [-0.4, -0.2) is 39.5 Å². The van der Waals surface area contributed by atoms with E-state index in [-0.39, 0.29) is 11.8 Å². The van der Waals surface area contributed by atoms with Crippen molar-refractivity contribution in [2.45, 2.75) is 26.3 Å². The Morgan fingerprint density at radius 1 is 1.35 bits per heavy atom. The van der Waals surface area contributed by atoms with Crippen molar-refractivity contribution in [2.24, 2.45) is 4.99 Å². The zero-order valence-corrected chi connectivity index (χ0v) is 15.9. The van der Waals surface area contributed by atoms with Crippen molar-refractivity contribution >= 4 is 39.0 Å². The molecule has 0 saturated heterocycles. The highest BCUT2D eigenvalue weighted by atomic mass is 35.5. The Kier molecular flexibility index (Phi) is 8.16. The molecule has 0 aromatic heterocycles. The minimum atomic E-state index is -2.95. The highest BCUT2D eigenvalue weighted by Crippen LogP contribution is 2.25. The molecule has 0 aliphatic carbocycles. The van der Waals surface area contributed by atoms with E-state index in [2.05, 4.69) is 15.6 Å². The molecule has 0 fully saturated rings. The summed E-state index contributed by atoms with van der Waals surface area (Å²) in [5.41, 5.74) is 0.915. The molecule has 1 aromatic carbocycles. The first-order chi connectivity index (χ1) is 10.7. The van der Waals surface area contributed by atoms with Gasteiger partial charge in [0.25, 0.3) is 0 Å². The quantitative estimate of drug-likeness (QED) is 0.433. The second kappa shape index (κ2) is 9.35. The summed E-state index contributed by atoms with van der Waals surface area (Å²) >= 11 is 12.1. The molecule has 1 unspecified atom stereocenters. The minimum Gasteiger partial charge on any atom is -0.357 e. The molecule has 1 rings (SSSR count). The average Bonchev–Trinajstić information content (AvgIpc) is 2.42. The lowest BCUT2D eigenvalue weighted by atomic mass is 10.1. The van der Waals surface area contributed by atoms with Crippen LogP contribution in [-0.2, 0) is 9.84 Å². The van der Waals surface area contributed by atoms with Gasteiger partial charge in [0.1, 0.15) is 9.84 Å². The number of rotatable bonds is 7. The van der Waals surface area contributed by atoms with E-state index < -0.39 is 9.84 Å². The van der Waals surface area contributed by atoms with Gasteiger partial charge in [0.2, 0.25) is 0 Å². The first kappa shape index (κ1) is 20.1. The van der Waals surface area contributed by atoms with Gasteiger partial charge in [-0.25, -0.2) is 8.42 Å². The van der Waals surface area contributed by atoms with Gasteiger partial charge in [-0.05, 0) is 38.0 Å². The van der Waals surface area contributed by atoms with E-state index in [1.165, 1.54) is 6.26 Å². The van der Waals surface area contributed by atoms with Crippen molar-refractivity contribution in [3.05, 3.63) is 33.8 Å². The Labute approximate surface area is 148 Å². The molecule has 1 atom stereocenters. The third-order valence-corrected chi connectivity index (χ3v) is 4.66. The largest absolute Gasteiger partial charge is 0.357 e. The van der Waals surface area contributed by atoms with Gasteiger partial charge < -0.3 is 10.6 Å². The zero-order valence-electron chi connectivity index (χ0n) is 13.6. The fourth-order valence-electron chi connectivity index (χ4n) is 1.97. The summed E-state index contributed by atoms with van der Waals surface area (Å²) in [5, 5.41) is 7.56. The Balaban J connectivity index is 2.70. The molecule has 0 heterocycles. The summed E-state index contributed by atoms with van der Waals surface area (Å²) in [6.45, 7) is 5.08. The number of sulfone groups is 1. The normalized spacial score (nSPS) is 13.7. The summed E-state index contributed by atoms with van der Waals surface area (Å²) in [6.07, 6.45) is 1.72. The first-order valence-corrected chi connectivity index (χ1v) is 10.2. The van der Waals surface area contributed by atoms with Crippen molar-refractivity contribution in [1.29, 1.82) is 0 Å². The Morgan fingerprint density at radius 3 is 2.61 bits per heavy atom. The SMILES string of the molecule is CCNC(=NCCCS(C)(=O)=O)NC(C)c1ccc(Cl)cc1Cl. The molecule has 1 aromatic rings. The van der Waals surface area contributed by atoms with Crippen molar-refractivity contribution < 1.29 is 8.42 Å². The summed E-state index contributed by atoms with van der Waals surface area (Å²) in [7, 11) is -2.95. The summed E-state index contributed by atoms with van der Waals surface area (Å²) in [4.78, 5) is 4.39. The molecular weight excluding hydrogens is 357 g/mol. The second-order valence-corrected chi connectivity index (χ2v) is 8.38. The number of halogens is 2. The Hall–Kier alpha value is -0.980. The minimum absolute atomic E-state index is 0.0625. The topological polar surface area (TPSA) is 70.6 Å². The van der Waals surface area contributed by atoms with Gasteiger partial charge in [-0.3, -0.25) is 4.99 Å². The molecule has 5 nitrogen and oxygen atoms in total. The molecule has 0 aliphatic rings. The number of guanidine groups is 1. The maximum atomic E-state index is 11.1. The zero-order chi connectivity index (χ0) is 17.5. The average molecular weight is 380 g/mol. The van der Waals surface area contributed by atoms with Gasteiger partial charge in [-0.1, -0.05) is 29.3 Å². The standard InChI is InChI=1S/C15H23Cl2N3O2S/c1-4-18-15(19-8-5-9-23(3,21)22)20-11(2)13-7-6-12(16)10-14(13)17/h6-7,10-11H,4-5,8-9H2,1-3H3,(H2,18,19,20). The molecule has 23 heavy (non-hydrogen) atoms. The highest BCUT2D eigenvalue weighted by Gasteiger charge is 2.11. The van der Waals surface area contributed by atoms with E-state index in [0.29, 0.717) is 35.5 Å². The molecule has 0 radical (unpaired) electrons. The van der Waals surface area contributed by atoms with E-state index in [9.17, 15) is 8.42 Å². The molecular formula is C15H23Cl2N3O2S. The molecule has 0 spiro atoms. The molecule has 0 saturated carbocycles. The monoisotopic (exact) mass is 379 g/mol. The van der Waals surface area contributed by atoms with Crippen LogP contribution < -0.4 is 10.6 Å². The van der Waals surface area contributed by atoms with Gasteiger partial charge in [0.05, 0.1) is 11.8 Å². The summed E-state index contributed by atoms with van der Waals surface area (Å²) < 4.78 is 22.2. The summed E-state index contributed by atoms with van der Waals surface area (Å²) in [6, 6.07) is 5.30. The van der Waals surface area contributed by atoms with Gasteiger partial charge in [0, 0.05) is 29.4 Å². The van der Waals surface area contributed by atoms with Gasteiger partial charge >= 0.3 is 0 Å². The van der Waals surface area contributed by atoms with E-state index in [1.807, 2.05) is 19.9 Å². The Bertz CT molecular complexity index is 648. The third-order valence-electron chi connectivity index (χ3n) is 3.07. The summed E-state index contributed by atoms with van der Waals surface area (Å²) in [5.74, 6) is 0.758. The van der Waals surface area contributed by atoms with E-state index >= 15 is 0 Å². The van der Waals surface area contributed by atoms with Gasteiger partial charge in [0.15, 0.2) is 5.96 Å². The Morgan fingerprint density at radius 2 is 2.04 bits per heavy atom. The molecule has 8 heteroatoms. The van der Waals surface area contributed by atoms with Crippen LogP contribution in [0.2, 0.25) is 10.0 Å². The maximum Gasteiger partial charge on any atom is 0.191 e. The van der Waals surface area contributed by atoms with Crippen LogP contribution in [0.5, 0.6) is 0 Å². The number of benzene rings is 1. The molecule has 0 aliphatic heterocycles. The van der Waals surface area contributed by atoms with Crippen LogP contribution in [0.1, 0.15) is 31.9 Å². The smallest absolute Gasteiger partial charge is 0.191 e. The lowest BCUT2D eigenvalue weighted by molar-refractivity contribution is 0.599. The molecule has 130 valence electrons. The second-order valence-electron chi connectivity index (χ2n) is 5.28. The van der Waals surface area contributed by atoms with E-state index in [1.54, 1.807) is 12.1 Å². The van der Waals surface area contributed by atoms with Crippen molar-refractivity contribution in [3.63, 3.8) is 0 Å². The predicted octanol–water partition coefficient (Wildman–Crippen LogP) is 3.04. The fraction of sp³-hybridized carbons (Fsp3) is 0.533. The van der Waals surface area contributed by atoms with Crippen LogP contribution in [0.15, 0.2) is 23.2 Å². The van der Waals surface area contributed by atoms with Crippen LogP contribution in [0.4, 0.5) is 0 Å². The molecule has 2 N–H and O–H groups in total. The molecule has 0 amide bonds. The number of hydrogen-bond acceptors (Lipinski definition) is 3.